The van der Waals surface area contributed by atoms with Crippen molar-refractivity contribution in [2.75, 3.05) is 24.8 Å². The molecule has 0 saturated carbocycles. The van der Waals surface area contributed by atoms with Gasteiger partial charge in [-0.25, -0.2) is 4.79 Å². The monoisotopic (exact) mass is 284 g/mol. The summed E-state index contributed by atoms with van der Waals surface area (Å²) < 4.78 is 7.59. The normalized spacial score (nSPS) is 11.7. The van der Waals surface area contributed by atoms with Crippen LogP contribution in [0.4, 0.5) is 11.5 Å². The molecule has 0 aliphatic heterocycles. The van der Waals surface area contributed by atoms with Crippen LogP contribution < -0.4 is 22.3 Å². The van der Waals surface area contributed by atoms with Gasteiger partial charge in [-0.3, -0.25) is 13.9 Å². The summed E-state index contributed by atoms with van der Waals surface area (Å²) in [5.74, 6) is 0.170. The predicted molar refractivity (Wildman–Crippen MR) is 80.2 cm³/mol. The lowest BCUT2D eigenvalue weighted by Crippen LogP contribution is -2.44. The van der Waals surface area contributed by atoms with Crippen molar-refractivity contribution in [3.8, 4) is 0 Å². The second-order valence-electron chi connectivity index (χ2n) is 5.50. The van der Waals surface area contributed by atoms with E-state index in [1.165, 1.54) is 11.6 Å². The zero-order valence-corrected chi connectivity index (χ0v) is 12.8. The Labute approximate surface area is 118 Å². The highest BCUT2D eigenvalue weighted by molar-refractivity contribution is 5.61. The molecule has 0 atom stereocenters. The molecule has 7 nitrogen and oxygen atoms in total. The van der Waals surface area contributed by atoms with Crippen LogP contribution in [0, 0.1) is 0 Å². The third kappa shape index (κ3) is 3.22. The molecule has 0 bridgehead atoms. The molecule has 0 aliphatic rings. The van der Waals surface area contributed by atoms with Crippen molar-refractivity contribution >= 4 is 11.5 Å². The van der Waals surface area contributed by atoms with E-state index in [9.17, 15) is 9.59 Å². The Bertz CT molecular complexity index is 587. The van der Waals surface area contributed by atoms with Crippen LogP contribution in [0.5, 0.6) is 0 Å². The molecule has 0 saturated heterocycles. The summed E-state index contributed by atoms with van der Waals surface area (Å²) in [6.07, 6.45) is 0.753. The van der Waals surface area contributed by atoms with Gasteiger partial charge in [-0.15, -0.1) is 0 Å². The number of hydrogen-bond acceptors (Lipinski definition) is 5. The summed E-state index contributed by atoms with van der Waals surface area (Å²) in [5, 5.41) is 3.08. The first-order valence-electron chi connectivity index (χ1n) is 6.61. The van der Waals surface area contributed by atoms with E-state index in [1.54, 1.807) is 7.11 Å². The molecule has 0 fully saturated rings. The molecular weight excluding hydrogens is 260 g/mol. The van der Waals surface area contributed by atoms with Gasteiger partial charge < -0.3 is 15.8 Å². The van der Waals surface area contributed by atoms with Crippen LogP contribution in [0.2, 0.25) is 0 Å². The van der Waals surface area contributed by atoms with Gasteiger partial charge in [0.1, 0.15) is 11.5 Å². The molecule has 0 radical (unpaired) electrons. The molecule has 1 rings (SSSR count). The fraction of sp³-hybridized carbons (Fsp3) is 0.692. The van der Waals surface area contributed by atoms with E-state index in [0.717, 1.165) is 11.0 Å². The van der Waals surface area contributed by atoms with Gasteiger partial charge in [0.2, 0.25) is 0 Å². The molecule has 3 N–H and O–H groups in total. The minimum atomic E-state index is -0.469. The molecule has 1 aromatic heterocycles. The Morgan fingerprint density at radius 1 is 1.35 bits per heavy atom. The molecule has 7 heteroatoms. The first-order valence-corrected chi connectivity index (χ1v) is 6.61. The summed E-state index contributed by atoms with van der Waals surface area (Å²) in [7, 11) is 3.04. The Morgan fingerprint density at radius 3 is 2.45 bits per heavy atom. The molecule has 0 aromatic carbocycles. The van der Waals surface area contributed by atoms with Crippen molar-refractivity contribution in [2.45, 2.75) is 39.3 Å². The van der Waals surface area contributed by atoms with Crippen molar-refractivity contribution in [2.24, 2.45) is 7.05 Å². The SMILES string of the molecule is CCCn1c(N)c(NC(C)(C)COC)c(=O)n(C)c1=O. The third-order valence-corrected chi connectivity index (χ3v) is 3.00. The Morgan fingerprint density at radius 2 is 1.95 bits per heavy atom. The minimum absolute atomic E-state index is 0.170. The quantitative estimate of drug-likeness (QED) is 0.788. The molecular formula is C13H24N4O3. The maximum absolute atomic E-state index is 12.2. The minimum Gasteiger partial charge on any atom is -0.383 e. The van der Waals surface area contributed by atoms with Crippen LogP contribution in [0.25, 0.3) is 0 Å². The van der Waals surface area contributed by atoms with Gasteiger partial charge in [0.15, 0.2) is 0 Å². The number of hydrogen-bond donors (Lipinski definition) is 2. The number of nitrogens with two attached hydrogens (primary N) is 1. The largest absolute Gasteiger partial charge is 0.383 e. The van der Waals surface area contributed by atoms with Crippen molar-refractivity contribution in [3.63, 3.8) is 0 Å². The summed E-state index contributed by atoms with van der Waals surface area (Å²) in [4.78, 5) is 24.3. The lowest BCUT2D eigenvalue weighted by atomic mass is 10.1. The van der Waals surface area contributed by atoms with Crippen molar-refractivity contribution in [1.29, 1.82) is 0 Å². The number of nitrogens with zero attached hydrogens (tertiary/aromatic N) is 2. The van der Waals surface area contributed by atoms with Crippen LogP contribution in [0.15, 0.2) is 9.59 Å². The third-order valence-electron chi connectivity index (χ3n) is 3.00. The van der Waals surface area contributed by atoms with E-state index >= 15 is 0 Å². The summed E-state index contributed by atoms with van der Waals surface area (Å²) in [6.45, 7) is 6.61. The average molecular weight is 284 g/mol. The summed E-state index contributed by atoms with van der Waals surface area (Å²) >= 11 is 0. The summed E-state index contributed by atoms with van der Waals surface area (Å²) in [6, 6.07) is 0. The van der Waals surface area contributed by atoms with Crippen LogP contribution in [-0.2, 0) is 18.3 Å². The van der Waals surface area contributed by atoms with Gasteiger partial charge in [0.05, 0.1) is 12.1 Å². The van der Waals surface area contributed by atoms with E-state index in [4.69, 9.17) is 10.5 Å². The fourth-order valence-electron chi connectivity index (χ4n) is 2.08. The Hall–Kier alpha value is -1.76. The van der Waals surface area contributed by atoms with Gasteiger partial charge in [-0.1, -0.05) is 6.92 Å². The number of nitrogens with one attached hydrogen (secondary N) is 1. The zero-order valence-electron chi connectivity index (χ0n) is 12.8. The maximum Gasteiger partial charge on any atom is 0.332 e. The Kier molecular flexibility index (Phi) is 4.99. The van der Waals surface area contributed by atoms with Crippen molar-refractivity contribution in [3.05, 3.63) is 20.8 Å². The van der Waals surface area contributed by atoms with Gasteiger partial charge in [0.25, 0.3) is 5.56 Å². The van der Waals surface area contributed by atoms with Gasteiger partial charge in [0, 0.05) is 20.7 Å². The topological polar surface area (TPSA) is 91.3 Å². The van der Waals surface area contributed by atoms with E-state index in [0.29, 0.717) is 13.2 Å². The predicted octanol–water partition coefficient (Wildman–Crippen LogP) is 0.376. The molecule has 0 unspecified atom stereocenters. The second-order valence-corrected chi connectivity index (χ2v) is 5.50. The van der Waals surface area contributed by atoms with E-state index in [-0.39, 0.29) is 11.5 Å². The van der Waals surface area contributed by atoms with Crippen LogP contribution >= 0.6 is 0 Å². The fourth-order valence-corrected chi connectivity index (χ4v) is 2.08. The average Bonchev–Trinajstić information content (AvgIpc) is 2.37. The van der Waals surface area contributed by atoms with Gasteiger partial charge in [-0.05, 0) is 20.3 Å². The summed E-state index contributed by atoms with van der Waals surface area (Å²) in [5.41, 5.74) is 4.93. The number of aromatic nitrogens is 2. The number of nitrogen functional groups attached to an aromatic ring is 1. The highest BCUT2D eigenvalue weighted by Crippen LogP contribution is 2.17. The van der Waals surface area contributed by atoms with Crippen LogP contribution in [0.3, 0.4) is 0 Å². The van der Waals surface area contributed by atoms with E-state index < -0.39 is 16.8 Å². The van der Waals surface area contributed by atoms with Crippen LogP contribution in [0.1, 0.15) is 27.2 Å². The Balaban J connectivity index is 3.40. The molecule has 114 valence electrons. The van der Waals surface area contributed by atoms with Crippen molar-refractivity contribution < 1.29 is 4.74 Å². The standard InChI is InChI=1S/C13H24N4O3/c1-6-7-17-10(14)9(11(18)16(4)12(17)19)15-13(2,3)8-20-5/h15H,6-8,14H2,1-5H3. The van der Waals surface area contributed by atoms with E-state index in [2.05, 4.69) is 5.32 Å². The first kappa shape index (κ1) is 16.3. The molecule has 20 heavy (non-hydrogen) atoms. The lowest BCUT2D eigenvalue weighted by molar-refractivity contribution is 0.158. The highest BCUT2D eigenvalue weighted by Gasteiger charge is 2.23. The zero-order chi connectivity index (χ0) is 15.5. The number of ether oxygens (including phenoxy) is 1. The molecule has 1 heterocycles. The first-order chi connectivity index (χ1) is 9.25. The molecule has 0 aliphatic carbocycles. The molecule has 0 amide bonds. The smallest absolute Gasteiger partial charge is 0.332 e. The second kappa shape index (κ2) is 6.13. The van der Waals surface area contributed by atoms with Crippen LogP contribution in [-0.4, -0.2) is 28.4 Å². The number of methoxy groups -OCH3 is 1. The van der Waals surface area contributed by atoms with Gasteiger partial charge in [-0.2, -0.15) is 0 Å². The number of anilines is 2. The number of rotatable bonds is 6. The van der Waals surface area contributed by atoms with Crippen molar-refractivity contribution in [1.82, 2.24) is 9.13 Å². The van der Waals surface area contributed by atoms with E-state index in [1.807, 2.05) is 20.8 Å². The highest BCUT2D eigenvalue weighted by atomic mass is 16.5. The molecule has 1 aromatic rings. The molecule has 0 spiro atoms. The lowest BCUT2D eigenvalue weighted by Gasteiger charge is -2.27. The van der Waals surface area contributed by atoms with Gasteiger partial charge >= 0.3 is 5.69 Å². The maximum atomic E-state index is 12.2.